The SMILES string of the molecule is O=C(NC1CCN(C(=O)C2CC(=O)N(Cc3ccccc3)C2)CC1)c1cccs1. The highest BCUT2D eigenvalue weighted by Gasteiger charge is 2.37. The van der Waals surface area contributed by atoms with E-state index in [9.17, 15) is 14.4 Å². The Labute approximate surface area is 174 Å². The summed E-state index contributed by atoms with van der Waals surface area (Å²) in [4.78, 5) is 41.8. The fraction of sp³-hybridized carbons (Fsp3) is 0.409. The predicted molar refractivity (Wildman–Crippen MR) is 111 cm³/mol. The molecule has 1 aromatic carbocycles. The lowest BCUT2D eigenvalue weighted by molar-refractivity contribution is -0.136. The molecular formula is C22H25N3O3S. The summed E-state index contributed by atoms with van der Waals surface area (Å²) in [5, 5.41) is 4.95. The summed E-state index contributed by atoms with van der Waals surface area (Å²) < 4.78 is 0. The summed E-state index contributed by atoms with van der Waals surface area (Å²) in [5.74, 6) is -0.187. The molecule has 3 amide bonds. The van der Waals surface area contributed by atoms with E-state index in [0.29, 0.717) is 37.5 Å². The van der Waals surface area contributed by atoms with E-state index in [2.05, 4.69) is 5.32 Å². The average Bonchev–Trinajstić information content (AvgIpc) is 3.40. The summed E-state index contributed by atoms with van der Waals surface area (Å²) in [6.07, 6.45) is 1.79. The van der Waals surface area contributed by atoms with Gasteiger partial charge < -0.3 is 15.1 Å². The van der Waals surface area contributed by atoms with Gasteiger partial charge in [0.05, 0.1) is 10.8 Å². The van der Waals surface area contributed by atoms with E-state index in [4.69, 9.17) is 0 Å². The average molecular weight is 412 g/mol. The highest BCUT2D eigenvalue weighted by Crippen LogP contribution is 2.24. The Morgan fingerprint density at radius 3 is 2.52 bits per heavy atom. The van der Waals surface area contributed by atoms with Crippen LogP contribution in [-0.2, 0) is 16.1 Å². The van der Waals surface area contributed by atoms with Gasteiger partial charge in [-0.25, -0.2) is 0 Å². The largest absolute Gasteiger partial charge is 0.348 e. The Morgan fingerprint density at radius 1 is 1.07 bits per heavy atom. The van der Waals surface area contributed by atoms with Crippen molar-refractivity contribution in [1.29, 1.82) is 0 Å². The molecule has 1 unspecified atom stereocenters. The zero-order valence-corrected chi connectivity index (χ0v) is 17.1. The smallest absolute Gasteiger partial charge is 0.261 e. The molecule has 2 aliphatic heterocycles. The molecule has 0 saturated carbocycles. The first-order chi connectivity index (χ1) is 14.1. The van der Waals surface area contributed by atoms with Crippen molar-refractivity contribution in [3.05, 3.63) is 58.3 Å². The van der Waals surface area contributed by atoms with Gasteiger partial charge in [0.1, 0.15) is 0 Å². The van der Waals surface area contributed by atoms with Crippen LogP contribution in [0.4, 0.5) is 0 Å². The lowest BCUT2D eigenvalue weighted by Gasteiger charge is -2.33. The summed E-state index contributed by atoms with van der Waals surface area (Å²) >= 11 is 1.43. The second-order valence-electron chi connectivity index (χ2n) is 7.71. The third-order valence-corrected chi connectivity index (χ3v) is 6.54. The van der Waals surface area contributed by atoms with Gasteiger partial charge in [0.2, 0.25) is 11.8 Å². The van der Waals surface area contributed by atoms with Crippen LogP contribution in [0.1, 0.15) is 34.5 Å². The number of carbonyl (C=O) groups is 3. The van der Waals surface area contributed by atoms with E-state index in [0.717, 1.165) is 18.4 Å². The van der Waals surface area contributed by atoms with Crippen molar-refractivity contribution in [3.8, 4) is 0 Å². The molecule has 2 aromatic rings. The maximum Gasteiger partial charge on any atom is 0.261 e. The highest BCUT2D eigenvalue weighted by molar-refractivity contribution is 7.12. The Balaban J connectivity index is 1.26. The predicted octanol–water partition coefficient (Wildman–Crippen LogP) is 2.52. The van der Waals surface area contributed by atoms with Crippen molar-refractivity contribution < 1.29 is 14.4 Å². The molecule has 2 fully saturated rings. The van der Waals surface area contributed by atoms with Crippen LogP contribution in [-0.4, -0.2) is 53.2 Å². The Bertz CT molecular complexity index is 861. The third kappa shape index (κ3) is 4.67. The van der Waals surface area contributed by atoms with Crippen molar-refractivity contribution in [2.45, 2.75) is 31.8 Å². The zero-order chi connectivity index (χ0) is 20.2. The monoisotopic (exact) mass is 411 g/mol. The summed E-state index contributed by atoms with van der Waals surface area (Å²) in [7, 11) is 0. The van der Waals surface area contributed by atoms with Crippen LogP contribution in [0, 0.1) is 5.92 Å². The third-order valence-electron chi connectivity index (χ3n) is 5.67. The van der Waals surface area contributed by atoms with Gasteiger partial charge in [-0.05, 0) is 29.9 Å². The Hall–Kier alpha value is -2.67. The lowest BCUT2D eigenvalue weighted by atomic mass is 10.0. The molecule has 3 heterocycles. The molecule has 1 atom stereocenters. The van der Waals surface area contributed by atoms with Crippen molar-refractivity contribution in [1.82, 2.24) is 15.1 Å². The number of carbonyl (C=O) groups excluding carboxylic acids is 3. The van der Waals surface area contributed by atoms with Crippen LogP contribution < -0.4 is 5.32 Å². The van der Waals surface area contributed by atoms with E-state index >= 15 is 0 Å². The molecule has 4 rings (SSSR count). The first-order valence-corrected chi connectivity index (χ1v) is 10.9. The molecule has 152 valence electrons. The number of nitrogens with zero attached hydrogens (tertiary/aromatic N) is 2. The van der Waals surface area contributed by atoms with Gasteiger partial charge in [-0.3, -0.25) is 14.4 Å². The molecule has 1 aromatic heterocycles. The van der Waals surface area contributed by atoms with Crippen LogP contribution >= 0.6 is 11.3 Å². The number of hydrogen-bond acceptors (Lipinski definition) is 4. The van der Waals surface area contributed by atoms with Gasteiger partial charge in [-0.15, -0.1) is 11.3 Å². The van der Waals surface area contributed by atoms with Gasteiger partial charge in [-0.2, -0.15) is 0 Å². The summed E-state index contributed by atoms with van der Waals surface area (Å²) in [6, 6.07) is 13.6. The number of amides is 3. The fourth-order valence-corrected chi connectivity index (χ4v) is 4.69. The number of piperidine rings is 1. The summed E-state index contributed by atoms with van der Waals surface area (Å²) in [6.45, 7) is 2.29. The minimum absolute atomic E-state index is 0.0391. The second-order valence-corrected chi connectivity index (χ2v) is 8.66. The molecule has 0 radical (unpaired) electrons. The first kappa shape index (κ1) is 19.6. The van der Waals surface area contributed by atoms with Crippen LogP contribution in [0.5, 0.6) is 0 Å². The molecule has 0 aliphatic carbocycles. The van der Waals surface area contributed by atoms with Crippen molar-refractivity contribution in [2.24, 2.45) is 5.92 Å². The lowest BCUT2D eigenvalue weighted by Crippen LogP contribution is -2.48. The molecule has 2 aliphatic rings. The minimum atomic E-state index is -0.261. The van der Waals surface area contributed by atoms with Gasteiger partial charge in [0.25, 0.3) is 5.91 Å². The zero-order valence-electron chi connectivity index (χ0n) is 16.3. The molecule has 0 spiro atoms. The standard InChI is InChI=1S/C22H25N3O3S/c26-20-13-17(15-25(20)14-16-5-2-1-3-6-16)22(28)24-10-8-18(9-11-24)23-21(27)19-7-4-12-29-19/h1-7,12,17-18H,8-11,13-15H2,(H,23,27). The van der Waals surface area contributed by atoms with Crippen LogP contribution in [0.15, 0.2) is 47.8 Å². The highest BCUT2D eigenvalue weighted by atomic mass is 32.1. The van der Waals surface area contributed by atoms with Gasteiger partial charge >= 0.3 is 0 Å². The molecular weight excluding hydrogens is 386 g/mol. The van der Waals surface area contributed by atoms with Gasteiger partial charge in [-0.1, -0.05) is 36.4 Å². The number of nitrogens with one attached hydrogen (secondary N) is 1. The van der Waals surface area contributed by atoms with E-state index in [-0.39, 0.29) is 29.7 Å². The van der Waals surface area contributed by atoms with E-state index in [1.54, 1.807) is 4.90 Å². The fourth-order valence-electron chi connectivity index (χ4n) is 4.06. The van der Waals surface area contributed by atoms with E-state index < -0.39 is 0 Å². The quantitative estimate of drug-likeness (QED) is 0.822. The molecule has 7 heteroatoms. The van der Waals surface area contributed by atoms with E-state index in [1.165, 1.54) is 11.3 Å². The van der Waals surface area contributed by atoms with E-state index in [1.807, 2.05) is 52.7 Å². The molecule has 6 nitrogen and oxygen atoms in total. The maximum atomic E-state index is 12.9. The molecule has 29 heavy (non-hydrogen) atoms. The number of thiophene rings is 1. The van der Waals surface area contributed by atoms with Crippen molar-refractivity contribution >= 4 is 29.1 Å². The second kappa shape index (κ2) is 8.78. The Kier molecular flexibility index (Phi) is 5.94. The topological polar surface area (TPSA) is 69.7 Å². The number of likely N-dealkylation sites (tertiary alicyclic amines) is 2. The molecule has 1 N–H and O–H groups in total. The van der Waals surface area contributed by atoms with Crippen LogP contribution in [0.25, 0.3) is 0 Å². The molecule has 2 saturated heterocycles. The van der Waals surface area contributed by atoms with Gasteiger partial charge in [0.15, 0.2) is 0 Å². The van der Waals surface area contributed by atoms with Crippen molar-refractivity contribution in [2.75, 3.05) is 19.6 Å². The summed E-state index contributed by atoms with van der Waals surface area (Å²) in [5.41, 5.74) is 1.08. The number of hydrogen-bond donors (Lipinski definition) is 1. The van der Waals surface area contributed by atoms with Crippen LogP contribution in [0.2, 0.25) is 0 Å². The minimum Gasteiger partial charge on any atom is -0.348 e. The maximum absolute atomic E-state index is 12.9. The van der Waals surface area contributed by atoms with Crippen LogP contribution in [0.3, 0.4) is 0 Å². The first-order valence-electron chi connectivity index (χ1n) is 10.0. The molecule has 0 bridgehead atoms. The van der Waals surface area contributed by atoms with Gasteiger partial charge in [0, 0.05) is 38.6 Å². The number of benzene rings is 1. The Morgan fingerprint density at radius 2 is 1.83 bits per heavy atom. The number of rotatable bonds is 5. The normalized spacial score (nSPS) is 20.1. The van der Waals surface area contributed by atoms with Crippen molar-refractivity contribution in [3.63, 3.8) is 0 Å².